The van der Waals surface area contributed by atoms with E-state index in [9.17, 15) is 5.11 Å². The summed E-state index contributed by atoms with van der Waals surface area (Å²) in [5, 5.41) is 13.7. The second-order valence-electron chi connectivity index (χ2n) is 5.75. The fraction of sp³-hybridized carbons (Fsp3) is 0.857. The molecule has 0 radical (unpaired) electrons. The van der Waals surface area contributed by atoms with E-state index in [0.29, 0.717) is 31.5 Å². The van der Waals surface area contributed by atoms with Crippen molar-refractivity contribution in [1.29, 1.82) is 0 Å². The average Bonchev–Trinajstić information content (AvgIpc) is 2.93. The second-order valence-corrected chi connectivity index (χ2v) is 5.75. The number of hydrogen-bond donors (Lipinski definition) is 1. The number of aromatic nitrogens is 2. The van der Waals surface area contributed by atoms with E-state index in [1.54, 1.807) is 14.2 Å². The highest BCUT2D eigenvalue weighted by atomic mass is 16.5. The van der Waals surface area contributed by atoms with Gasteiger partial charge in [0.05, 0.1) is 13.2 Å². The Hall–Kier alpha value is -1.02. The van der Waals surface area contributed by atoms with Gasteiger partial charge in [-0.15, -0.1) is 0 Å². The third-order valence-electron chi connectivity index (χ3n) is 4.06. The maximum Gasteiger partial charge on any atom is 0.252 e. The third-order valence-corrected chi connectivity index (χ3v) is 4.06. The highest BCUT2D eigenvalue weighted by molar-refractivity contribution is 4.91. The number of methoxy groups -OCH3 is 2. The monoisotopic (exact) mass is 299 g/mol. The summed E-state index contributed by atoms with van der Waals surface area (Å²) in [6, 6.07) is 0. The van der Waals surface area contributed by atoms with Crippen molar-refractivity contribution in [1.82, 2.24) is 15.0 Å². The van der Waals surface area contributed by atoms with Crippen molar-refractivity contribution in [3.8, 4) is 0 Å². The molecule has 0 saturated carbocycles. The molecule has 0 spiro atoms. The first-order chi connectivity index (χ1) is 10.2. The third kappa shape index (κ3) is 4.47. The molecule has 1 atom stereocenters. The first kappa shape index (κ1) is 16.4. The smallest absolute Gasteiger partial charge is 0.252 e. The van der Waals surface area contributed by atoms with E-state index in [0.717, 1.165) is 32.4 Å². The van der Waals surface area contributed by atoms with Crippen LogP contribution in [0.25, 0.3) is 0 Å². The Bertz CT molecular complexity index is 426. The zero-order chi connectivity index (χ0) is 15.1. The number of aliphatic hydroxyl groups is 1. The van der Waals surface area contributed by atoms with E-state index in [1.807, 2.05) is 0 Å². The van der Waals surface area contributed by atoms with Gasteiger partial charge in [-0.1, -0.05) is 5.16 Å². The molecule has 1 aromatic heterocycles. The summed E-state index contributed by atoms with van der Waals surface area (Å²) >= 11 is 0. The molecule has 0 aliphatic carbocycles. The lowest BCUT2D eigenvalue weighted by Crippen LogP contribution is -2.45. The highest BCUT2D eigenvalue weighted by Gasteiger charge is 2.35. The van der Waals surface area contributed by atoms with Crippen molar-refractivity contribution in [2.24, 2.45) is 5.41 Å². The fourth-order valence-electron chi connectivity index (χ4n) is 2.91. The van der Waals surface area contributed by atoms with Gasteiger partial charge >= 0.3 is 0 Å². The summed E-state index contributed by atoms with van der Waals surface area (Å²) in [6.07, 6.45) is 2.97. The Morgan fingerprint density at radius 1 is 1.38 bits per heavy atom. The van der Waals surface area contributed by atoms with Gasteiger partial charge in [0.15, 0.2) is 5.82 Å². The van der Waals surface area contributed by atoms with E-state index in [1.165, 1.54) is 0 Å². The Morgan fingerprint density at radius 2 is 2.24 bits per heavy atom. The van der Waals surface area contributed by atoms with Crippen LogP contribution in [-0.2, 0) is 22.6 Å². The topological polar surface area (TPSA) is 80.9 Å². The van der Waals surface area contributed by atoms with Crippen molar-refractivity contribution in [3.05, 3.63) is 11.7 Å². The summed E-state index contributed by atoms with van der Waals surface area (Å²) in [4.78, 5) is 6.57. The van der Waals surface area contributed by atoms with Crippen LogP contribution in [-0.4, -0.2) is 60.7 Å². The summed E-state index contributed by atoms with van der Waals surface area (Å²) < 4.78 is 15.2. The van der Waals surface area contributed by atoms with Gasteiger partial charge in [0.1, 0.15) is 6.61 Å². The summed E-state index contributed by atoms with van der Waals surface area (Å²) in [7, 11) is 3.29. The zero-order valence-corrected chi connectivity index (χ0v) is 12.9. The second kappa shape index (κ2) is 7.84. The Kier molecular flexibility index (Phi) is 6.10. The molecular weight excluding hydrogens is 274 g/mol. The van der Waals surface area contributed by atoms with Crippen LogP contribution in [0, 0.1) is 5.41 Å². The quantitative estimate of drug-likeness (QED) is 0.761. The maximum absolute atomic E-state index is 9.78. The molecule has 1 aliphatic heterocycles. The fourth-order valence-corrected chi connectivity index (χ4v) is 2.91. The molecule has 1 unspecified atom stereocenters. The van der Waals surface area contributed by atoms with Crippen LogP contribution in [0.2, 0.25) is 0 Å². The standard InChI is InChI=1S/C14H25N3O4/c1-19-7-5-14(11-18)4-3-6-17(10-14)8-12-15-13(9-20-2)21-16-12/h18H,3-11H2,1-2H3. The van der Waals surface area contributed by atoms with E-state index in [-0.39, 0.29) is 12.0 Å². The molecule has 2 rings (SSSR count). The number of likely N-dealkylation sites (tertiary alicyclic amines) is 1. The average molecular weight is 299 g/mol. The summed E-state index contributed by atoms with van der Waals surface area (Å²) in [6.45, 7) is 3.66. The minimum Gasteiger partial charge on any atom is -0.396 e. The maximum atomic E-state index is 9.78. The molecular formula is C14H25N3O4. The highest BCUT2D eigenvalue weighted by Crippen LogP contribution is 2.33. The molecule has 21 heavy (non-hydrogen) atoms. The van der Waals surface area contributed by atoms with Crippen molar-refractivity contribution in [2.75, 3.05) is 40.5 Å². The van der Waals surface area contributed by atoms with E-state index in [4.69, 9.17) is 14.0 Å². The van der Waals surface area contributed by atoms with Gasteiger partial charge in [0, 0.05) is 32.8 Å². The molecule has 1 saturated heterocycles. The number of aliphatic hydroxyl groups excluding tert-OH is 1. The lowest BCUT2D eigenvalue weighted by Gasteiger charge is -2.41. The van der Waals surface area contributed by atoms with E-state index < -0.39 is 0 Å². The molecule has 2 heterocycles. The van der Waals surface area contributed by atoms with Gasteiger partial charge in [-0.05, 0) is 25.8 Å². The van der Waals surface area contributed by atoms with Crippen molar-refractivity contribution in [3.63, 3.8) is 0 Å². The number of rotatable bonds is 8. The molecule has 1 N–H and O–H groups in total. The summed E-state index contributed by atoms with van der Waals surface area (Å²) in [5.41, 5.74) is -0.0760. The lowest BCUT2D eigenvalue weighted by atomic mass is 9.78. The van der Waals surface area contributed by atoms with Gasteiger partial charge < -0.3 is 19.1 Å². The summed E-state index contributed by atoms with van der Waals surface area (Å²) in [5.74, 6) is 1.17. The first-order valence-corrected chi connectivity index (χ1v) is 7.34. The van der Waals surface area contributed by atoms with Gasteiger partial charge in [0.25, 0.3) is 5.89 Å². The van der Waals surface area contributed by atoms with Crippen molar-refractivity contribution in [2.45, 2.75) is 32.4 Å². The van der Waals surface area contributed by atoms with Gasteiger partial charge in [-0.2, -0.15) is 4.98 Å². The number of nitrogens with zero attached hydrogens (tertiary/aromatic N) is 3. The molecule has 1 fully saturated rings. The largest absolute Gasteiger partial charge is 0.396 e. The van der Waals surface area contributed by atoms with Crippen LogP contribution < -0.4 is 0 Å². The minimum absolute atomic E-state index is 0.0760. The Labute approximate surface area is 125 Å². The van der Waals surface area contributed by atoms with Crippen LogP contribution in [0.1, 0.15) is 31.0 Å². The number of ether oxygens (including phenoxy) is 2. The predicted molar refractivity (Wildman–Crippen MR) is 75.5 cm³/mol. The van der Waals surface area contributed by atoms with E-state index in [2.05, 4.69) is 15.0 Å². The normalized spacial score (nSPS) is 23.6. The molecule has 0 aromatic carbocycles. The lowest BCUT2D eigenvalue weighted by molar-refractivity contribution is 0.00377. The Morgan fingerprint density at radius 3 is 2.95 bits per heavy atom. The van der Waals surface area contributed by atoms with Crippen LogP contribution >= 0.6 is 0 Å². The molecule has 7 heteroatoms. The number of piperidine rings is 1. The molecule has 7 nitrogen and oxygen atoms in total. The van der Waals surface area contributed by atoms with Crippen molar-refractivity contribution < 1.29 is 19.1 Å². The minimum atomic E-state index is -0.0760. The van der Waals surface area contributed by atoms with Crippen LogP contribution in [0.3, 0.4) is 0 Å². The van der Waals surface area contributed by atoms with Crippen LogP contribution in [0.5, 0.6) is 0 Å². The molecule has 0 bridgehead atoms. The van der Waals surface area contributed by atoms with E-state index >= 15 is 0 Å². The molecule has 0 amide bonds. The zero-order valence-electron chi connectivity index (χ0n) is 12.9. The predicted octanol–water partition coefficient (Wildman–Crippen LogP) is 0.827. The first-order valence-electron chi connectivity index (χ1n) is 7.34. The number of hydrogen-bond acceptors (Lipinski definition) is 7. The Balaban J connectivity index is 1.93. The molecule has 120 valence electrons. The SMILES string of the molecule is COCCC1(CO)CCCN(Cc2noc(COC)n2)C1. The van der Waals surface area contributed by atoms with Gasteiger partial charge in [-0.3, -0.25) is 4.90 Å². The van der Waals surface area contributed by atoms with Crippen LogP contribution in [0.15, 0.2) is 4.52 Å². The molecule has 1 aliphatic rings. The molecule has 1 aromatic rings. The van der Waals surface area contributed by atoms with Crippen molar-refractivity contribution >= 4 is 0 Å². The van der Waals surface area contributed by atoms with Gasteiger partial charge in [0.2, 0.25) is 0 Å². The van der Waals surface area contributed by atoms with Crippen LogP contribution in [0.4, 0.5) is 0 Å². The van der Waals surface area contributed by atoms with Gasteiger partial charge in [-0.25, -0.2) is 0 Å².